The van der Waals surface area contributed by atoms with Crippen molar-refractivity contribution >= 4 is 10.0 Å². The lowest BCUT2D eigenvalue weighted by Gasteiger charge is -2.26. The molecule has 1 unspecified atom stereocenters. The maximum atomic E-state index is 12.6. The first-order valence-corrected chi connectivity index (χ1v) is 9.41. The minimum atomic E-state index is -3.54. The van der Waals surface area contributed by atoms with Gasteiger partial charge in [-0.25, -0.2) is 13.1 Å². The van der Waals surface area contributed by atoms with Gasteiger partial charge in [-0.2, -0.15) is 0 Å². The van der Waals surface area contributed by atoms with Crippen LogP contribution in [0.2, 0.25) is 0 Å². The van der Waals surface area contributed by atoms with Crippen molar-refractivity contribution in [3.8, 4) is 5.75 Å². The Morgan fingerprint density at radius 1 is 1.13 bits per heavy atom. The molecule has 23 heavy (non-hydrogen) atoms. The third kappa shape index (κ3) is 3.57. The van der Waals surface area contributed by atoms with Crippen molar-refractivity contribution in [2.24, 2.45) is 0 Å². The van der Waals surface area contributed by atoms with E-state index >= 15 is 0 Å². The van der Waals surface area contributed by atoms with E-state index in [2.05, 4.69) is 11.6 Å². The summed E-state index contributed by atoms with van der Waals surface area (Å²) in [5.41, 5.74) is 2.05. The van der Waals surface area contributed by atoms with Gasteiger partial charge in [-0.05, 0) is 30.2 Å². The molecule has 0 aromatic heterocycles. The average molecular weight is 331 g/mol. The van der Waals surface area contributed by atoms with E-state index in [1.165, 1.54) is 0 Å². The molecule has 3 rings (SSSR count). The summed E-state index contributed by atoms with van der Waals surface area (Å²) < 4.78 is 33.6. The molecular formula is C18H21NO3S. The normalized spacial score (nSPS) is 17.3. The van der Waals surface area contributed by atoms with E-state index in [0.29, 0.717) is 17.9 Å². The van der Waals surface area contributed by atoms with Gasteiger partial charge in [0.1, 0.15) is 5.75 Å². The van der Waals surface area contributed by atoms with Crippen LogP contribution in [-0.2, 0) is 16.4 Å². The minimum Gasteiger partial charge on any atom is -0.493 e. The summed E-state index contributed by atoms with van der Waals surface area (Å²) in [5.74, 6) is 0.754. The zero-order valence-corrected chi connectivity index (χ0v) is 14.0. The van der Waals surface area contributed by atoms with Crippen LogP contribution in [-0.4, -0.2) is 15.0 Å². The van der Waals surface area contributed by atoms with Crippen LogP contribution in [0.15, 0.2) is 53.4 Å². The molecule has 2 aromatic rings. The quantitative estimate of drug-likeness (QED) is 0.913. The topological polar surface area (TPSA) is 55.4 Å². The van der Waals surface area contributed by atoms with Crippen LogP contribution in [0.25, 0.3) is 0 Å². The number of hydrogen-bond donors (Lipinski definition) is 1. The molecule has 1 atom stereocenters. The Morgan fingerprint density at radius 3 is 2.61 bits per heavy atom. The molecule has 122 valence electrons. The summed E-state index contributed by atoms with van der Waals surface area (Å²) in [7, 11) is -3.54. The molecular weight excluding hydrogens is 310 g/mol. The minimum absolute atomic E-state index is 0.250. The fourth-order valence-electron chi connectivity index (χ4n) is 2.84. The first-order chi connectivity index (χ1) is 11.1. The van der Waals surface area contributed by atoms with Gasteiger partial charge < -0.3 is 4.74 Å². The number of para-hydroxylation sites is 1. The third-order valence-electron chi connectivity index (χ3n) is 4.03. The lowest BCUT2D eigenvalue weighted by atomic mass is 10.0. The molecule has 5 heteroatoms. The number of aryl methyl sites for hydroxylation is 1. The number of ether oxygens (including phenoxy) is 1. The Balaban J connectivity index is 1.82. The molecule has 4 nitrogen and oxygen atoms in total. The second-order valence-electron chi connectivity index (χ2n) is 5.74. The van der Waals surface area contributed by atoms with Crippen LogP contribution >= 0.6 is 0 Å². The molecule has 0 spiro atoms. The standard InChI is InChI=1S/C18H21NO3S/c1-2-5-14-8-10-15(11-9-14)23(20,21)19-17-12-13-22-18-7-4-3-6-16(17)18/h3-4,6-11,17,19H,2,5,12-13H2,1H3. The first-order valence-electron chi connectivity index (χ1n) is 7.93. The zero-order valence-electron chi connectivity index (χ0n) is 13.2. The van der Waals surface area contributed by atoms with Crippen molar-refractivity contribution < 1.29 is 13.2 Å². The second kappa shape index (κ2) is 6.72. The van der Waals surface area contributed by atoms with Crippen LogP contribution in [0.4, 0.5) is 0 Å². The predicted molar refractivity (Wildman–Crippen MR) is 90.1 cm³/mol. The van der Waals surface area contributed by atoms with Gasteiger partial charge in [0.15, 0.2) is 0 Å². The van der Waals surface area contributed by atoms with Gasteiger partial charge in [0, 0.05) is 12.0 Å². The second-order valence-corrected chi connectivity index (χ2v) is 7.46. The van der Waals surface area contributed by atoms with Crippen LogP contribution in [0.5, 0.6) is 5.75 Å². The molecule has 0 bridgehead atoms. The molecule has 0 aliphatic carbocycles. The molecule has 0 amide bonds. The fourth-order valence-corrected chi connectivity index (χ4v) is 4.09. The SMILES string of the molecule is CCCc1ccc(S(=O)(=O)NC2CCOc3ccccc32)cc1. The Labute approximate surface area is 137 Å². The molecule has 1 aliphatic heterocycles. The van der Waals surface area contributed by atoms with Crippen molar-refractivity contribution in [2.45, 2.75) is 37.1 Å². The molecule has 1 aliphatic rings. The van der Waals surface area contributed by atoms with Gasteiger partial charge in [-0.15, -0.1) is 0 Å². The van der Waals surface area contributed by atoms with Gasteiger partial charge in [-0.3, -0.25) is 0 Å². The summed E-state index contributed by atoms with van der Waals surface area (Å²) in [4.78, 5) is 0.307. The largest absolute Gasteiger partial charge is 0.493 e. The van der Waals surface area contributed by atoms with E-state index in [1.54, 1.807) is 12.1 Å². The maximum Gasteiger partial charge on any atom is 0.241 e. The van der Waals surface area contributed by atoms with Crippen LogP contribution < -0.4 is 9.46 Å². The maximum absolute atomic E-state index is 12.6. The highest BCUT2D eigenvalue weighted by Gasteiger charge is 2.26. The number of sulfonamides is 1. The number of fused-ring (bicyclic) bond motifs is 1. The molecule has 0 fully saturated rings. The summed E-state index contributed by atoms with van der Waals surface area (Å²) >= 11 is 0. The van der Waals surface area contributed by atoms with Crippen molar-refractivity contribution in [1.29, 1.82) is 0 Å². The molecule has 1 heterocycles. The van der Waals surface area contributed by atoms with E-state index in [9.17, 15) is 8.42 Å². The van der Waals surface area contributed by atoms with E-state index in [-0.39, 0.29) is 6.04 Å². The van der Waals surface area contributed by atoms with E-state index in [1.807, 2.05) is 36.4 Å². The number of rotatable bonds is 5. The highest BCUT2D eigenvalue weighted by Crippen LogP contribution is 2.32. The highest BCUT2D eigenvalue weighted by molar-refractivity contribution is 7.89. The van der Waals surface area contributed by atoms with Gasteiger partial charge >= 0.3 is 0 Å². The van der Waals surface area contributed by atoms with Gasteiger partial charge in [0.25, 0.3) is 0 Å². The molecule has 1 N–H and O–H groups in total. The van der Waals surface area contributed by atoms with Gasteiger partial charge in [0.2, 0.25) is 10.0 Å². The van der Waals surface area contributed by atoms with E-state index in [4.69, 9.17) is 4.74 Å². The van der Waals surface area contributed by atoms with Gasteiger partial charge in [-0.1, -0.05) is 43.7 Å². The Bertz CT molecular complexity index is 769. The van der Waals surface area contributed by atoms with Crippen LogP contribution in [0, 0.1) is 0 Å². The molecule has 0 saturated carbocycles. The average Bonchev–Trinajstić information content (AvgIpc) is 2.56. The number of hydrogen-bond acceptors (Lipinski definition) is 3. The Hall–Kier alpha value is -1.85. The molecule has 2 aromatic carbocycles. The molecule has 0 radical (unpaired) electrons. The highest BCUT2D eigenvalue weighted by atomic mass is 32.2. The van der Waals surface area contributed by atoms with E-state index in [0.717, 1.165) is 29.7 Å². The zero-order chi connectivity index (χ0) is 16.3. The van der Waals surface area contributed by atoms with Crippen molar-refractivity contribution in [1.82, 2.24) is 4.72 Å². The summed E-state index contributed by atoms with van der Waals surface area (Å²) in [6, 6.07) is 14.4. The Morgan fingerprint density at radius 2 is 1.87 bits per heavy atom. The summed E-state index contributed by atoms with van der Waals surface area (Å²) in [6.45, 7) is 2.62. The van der Waals surface area contributed by atoms with E-state index < -0.39 is 10.0 Å². The lowest BCUT2D eigenvalue weighted by Crippen LogP contribution is -2.32. The summed E-state index contributed by atoms with van der Waals surface area (Å²) in [5, 5.41) is 0. The van der Waals surface area contributed by atoms with Crippen LogP contribution in [0.1, 0.15) is 36.9 Å². The first kappa shape index (κ1) is 16.0. The molecule has 0 saturated heterocycles. The smallest absolute Gasteiger partial charge is 0.241 e. The fraction of sp³-hybridized carbons (Fsp3) is 0.333. The number of nitrogens with one attached hydrogen (secondary N) is 1. The monoisotopic (exact) mass is 331 g/mol. The van der Waals surface area contributed by atoms with Crippen molar-refractivity contribution in [3.05, 3.63) is 59.7 Å². The predicted octanol–water partition coefficient (Wildman–Crippen LogP) is 3.44. The lowest BCUT2D eigenvalue weighted by molar-refractivity contribution is 0.263. The third-order valence-corrected chi connectivity index (χ3v) is 5.52. The Kier molecular flexibility index (Phi) is 4.68. The van der Waals surface area contributed by atoms with Crippen LogP contribution in [0.3, 0.4) is 0 Å². The van der Waals surface area contributed by atoms with Gasteiger partial charge in [0.05, 0.1) is 17.5 Å². The number of benzene rings is 2. The van der Waals surface area contributed by atoms with Crippen molar-refractivity contribution in [2.75, 3.05) is 6.61 Å². The van der Waals surface area contributed by atoms with Crippen molar-refractivity contribution in [3.63, 3.8) is 0 Å². The summed E-state index contributed by atoms with van der Waals surface area (Å²) in [6.07, 6.45) is 2.63.